The molecule has 1 aromatic rings. The molecule has 0 aliphatic carbocycles. The molecule has 1 unspecified atom stereocenters. The zero-order chi connectivity index (χ0) is 14.9. The zero-order valence-corrected chi connectivity index (χ0v) is 12.6. The maximum Gasteiger partial charge on any atom is 0.253 e. The van der Waals surface area contributed by atoms with Crippen LogP contribution in [-0.4, -0.2) is 25.1 Å². The second kappa shape index (κ2) is 5.32. The van der Waals surface area contributed by atoms with Gasteiger partial charge in [-0.15, -0.1) is 0 Å². The molecule has 0 saturated carbocycles. The number of fused-ring (bicyclic) bond motifs is 1. The summed E-state index contributed by atoms with van der Waals surface area (Å²) >= 11 is 0. The van der Waals surface area contributed by atoms with Gasteiger partial charge in [-0.2, -0.15) is 0 Å². The molecular formula is C15H23N3O2. The first kappa shape index (κ1) is 14.7. The molecule has 20 heavy (non-hydrogen) atoms. The second-order valence-electron chi connectivity index (χ2n) is 6.00. The zero-order valence-electron chi connectivity index (χ0n) is 12.6. The highest BCUT2D eigenvalue weighted by Crippen LogP contribution is 2.44. The van der Waals surface area contributed by atoms with E-state index in [0.717, 1.165) is 17.9 Å². The quantitative estimate of drug-likeness (QED) is 0.502. The lowest BCUT2D eigenvalue weighted by Gasteiger charge is -2.47. The summed E-state index contributed by atoms with van der Waals surface area (Å²) in [5.74, 6) is 6.31. The topological polar surface area (TPSA) is 67.6 Å². The van der Waals surface area contributed by atoms with E-state index < -0.39 is 0 Å². The van der Waals surface area contributed by atoms with Gasteiger partial charge in [-0.3, -0.25) is 10.2 Å². The standard InChI is InChI=1S/C15H23N3O2/c1-10-8-15(2,3)18(9-14(19)17-16)13-6-5-11(20-4)7-12(10)13/h5-7,10H,8-9,16H2,1-4H3,(H,17,19). The van der Waals surface area contributed by atoms with E-state index in [-0.39, 0.29) is 18.0 Å². The molecule has 0 spiro atoms. The summed E-state index contributed by atoms with van der Waals surface area (Å²) in [7, 11) is 1.67. The van der Waals surface area contributed by atoms with Gasteiger partial charge < -0.3 is 9.64 Å². The molecule has 110 valence electrons. The van der Waals surface area contributed by atoms with E-state index in [1.807, 2.05) is 12.1 Å². The Morgan fingerprint density at radius 2 is 2.25 bits per heavy atom. The third-order valence-corrected chi connectivity index (χ3v) is 4.06. The molecule has 0 fully saturated rings. The van der Waals surface area contributed by atoms with Crippen LogP contribution in [0.2, 0.25) is 0 Å². The molecule has 1 amide bonds. The number of nitrogens with two attached hydrogens (primary N) is 1. The number of amides is 1. The third-order valence-electron chi connectivity index (χ3n) is 4.06. The molecule has 1 heterocycles. The highest BCUT2D eigenvalue weighted by Gasteiger charge is 2.37. The van der Waals surface area contributed by atoms with Crippen molar-refractivity contribution in [3.05, 3.63) is 23.8 Å². The molecule has 1 aliphatic heterocycles. The number of anilines is 1. The second-order valence-corrected chi connectivity index (χ2v) is 6.00. The lowest BCUT2D eigenvalue weighted by Crippen LogP contribution is -2.53. The van der Waals surface area contributed by atoms with E-state index in [0.29, 0.717) is 5.92 Å². The Morgan fingerprint density at radius 3 is 2.85 bits per heavy atom. The van der Waals surface area contributed by atoms with Gasteiger partial charge in [0.1, 0.15) is 5.75 Å². The summed E-state index contributed by atoms with van der Waals surface area (Å²) in [6, 6.07) is 6.01. The molecule has 0 saturated heterocycles. The van der Waals surface area contributed by atoms with E-state index in [2.05, 4.69) is 37.2 Å². The number of rotatable bonds is 3. The van der Waals surface area contributed by atoms with Crippen molar-refractivity contribution in [1.29, 1.82) is 0 Å². The first-order valence-electron chi connectivity index (χ1n) is 6.84. The Morgan fingerprint density at radius 1 is 1.55 bits per heavy atom. The highest BCUT2D eigenvalue weighted by atomic mass is 16.5. The van der Waals surface area contributed by atoms with Crippen LogP contribution >= 0.6 is 0 Å². The molecule has 5 nitrogen and oxygen atoms in total. The maximum atomic E-state index is 11.7. The minimum absolute atomic E-state index is 0.0898. The van der Waals surface area contributed by atoms with Crippen molar-refractivity contribution >= 4 is 11.6 Å². The molecule has 0 radical (unpaired) electrons. The van der Waals surface area contributed by atoms with Crippen LogP contribution in [0.1, 0.15) is 38.7 Å². The van der Waals surface area contributed by atoms with Crippen molar-refractivity contribution in [2.75, 3.05) is 18.6 Å². The molecule has 0 aromatic heterocycles. The lowest BCUT2D eigenvalue weighted by atomic mass is 9.80. The van der Waals surface area contributed by atoms with E-state index in [1.165, 1.54) is 5.56 Å². The smallest absolute Gasteiger partial charge is 0.253 e. The minimum atomic E-state index is -0.186. The third kappa shape index (κ3) is 2.58. The van der Waals surface area contributed by atoms with Gasteiger partial charge in [0, 0.05) is 11.2 Å². The van der Waals surface area contributed by atoms with Crippen molar-refractivity contribution in [3.63, 3.8) is 0 Å². The van der Waals surface area contributed by atoms with Gasteiger partial charge >= 0.3 is 0 Å². The lowest BCUT2D eigenvalue weighted by molar-refractivity contribution is -0.120. The number of carbonyl (C=O) groups excluding carboxylic acids is 1. The average molecular weight is 277 g/mol. The van der Waals surface area contributed by atoms with Crippen molar-refractivity contribution in [3.8, 4) is 5.75 Å². The number of benzene rings is 1. The van der Waals surface area contributed by atoms with Crippen molar-refractivity contribution in [2.24, 2.45) is 5.84 Å². The summed E-state index contributed by atoms with van der Waals surface area (Å²) in [5.41, 5.74) is 4.42. The molecule has 5 heteroatoms. The summed E-state index contributed by atoms with van der Waals surface area (Å²) in [6.07, 6.45) is 0.977. The normalized spacial score (nSPS) is 20.2. The van der Waals surface area contributed by atoms with Crippen LogP contribution in [0.3, 0.4) is 0 Å². The van der Waals surface area contributed by atoms with Crippen LogP contribution in [0.4, 0.5) is 5.69 Å². The number of hydrogen-bond donors (Lipinski definition) is 2. The SMILES string of the molecule is COc1ccc2c(c1)C(C)CC(C)(C)N2CC(=O)NN. The average Bonchev–Trinajstić information content (AvgIpc) is 2.42. The van der Waals surface area contributed by atoms with Crippen LogP contribution in [-0.2, 0) is 4.79 Å². The first-order valence-corrected chi connectivity index (χ1v) is 6.84. The van der Waals surface area contributed by atoms with Crippen LogP contribution in [0.5, 0.6) is 5.75 Å². The Kier molecular flexibility index (Phi) is 3.90. The summed E-state index contributed by atoms with van der Waals surface area (Å²) in [4.78, 5) is 13.8. The minimum Gasteiger partial charge on any atom is -0.497 e. The van der Waals surface area contributed by atoms with Crippen LogP contribution in [0.15, 0.2) is 18.2 Å². The predicted molar refractivity (Wildman–Crippen MR) is 79.8 cm³/mol. The van der Waals surface area contributed by atoms with Gasteiger partial charge in [0.2, 0.25) is 0 Å². The highest BCUT2D eigenvalue weighted by molar-refractivity contribution is 5.82. The monoisotopic (exact) mass is 277 g/mol. The van der Waals surface area contributed by atoms with Crippen molar-refractivity contribution < 1.29 is 9.53 Å². The van der Waals surface area contributed by atoms with Crippen LogP contribution in [0.25, 0.3) is 0 Å². The summed E-state index contributed by atoms with van der Waals surface area (Å²) in [6.45, 7) is 6.77. The van der Waals surface area contributed by atoms with Gasteiger partial charge in [-0.25, -0.2) is 5.84 Å². The summed E-state index contributed by atoms with van der Waals surface area (Å²) < 4.78 is 5.30. The number of nitrogens with zero attached hydrogens (tertiary/aromatic N) is 1. The van der Waals surface area contributed by atoms with Crippen molar-refractivity contribution in [1.82, 2.24) is 5.43 Å². The van der Waals surface area contributed by atoms with Crippen LogP contribution in [0, 0.1) is 0 Å². The fourth-order valence-corrected chi connectivity index (χ4v) is 3.08. The van der Waals surface area contributed by atoms with Crippen molar-refractivity contribution in [2.45, 2.75) is 38.6 Å². The van der Waals surface area contributed by atoms with Gasteiger partial charge in [-0.1, -0.05) is 6.92 Å². The van der Waals surface area contributed by atoms with Gasteiger partial charge in [0.05, 0.1) is 13.7 Å². The number of hydrazine groups is 1. The number of ether oxygens (including phenoxy) is 1. The fourth-order valence-electron chi connectivity index (χ4n) is 3.08. The Hall–Kier alpha value is -1.75. The van der Waals surface area contributed by atoms with E-state index >= 15 is 0 Å². The first-order chi connectivity index (χ1) is 9.39. The number of hydrogen-bond acceptors (Lipinski definition) is 4. The Labute approximate surface area is 120 Å². The molecule has 1 atom stereocenters. The van der Waals surface area contributed by atoms with Gasteiger partial charge in [0.15, 0.2) is 0 Å². The fraction of sp³-hybridized carbons (Fsp3) is 0.533. The maximum absolute atomic E-state index is 11.7. The van der Waals surface area contributed by atoms with E-state index in [9.17, 15) is 4.79 Å². The predicted octanol–water partition coefficient (Wildman–Crippen LogP) is 1.78. The van der Waals surface area contributed by atoms with Crippen LogP contribution < -0.4 is 20.9 Å². The van der Waals surface area contributed by atoms with Gasteiger partial charge in [0.25, 0.3) is 5.91 Å². The molecule has 3 N–H and O–H groups in total. The number of carbonyl (C=O) groups is 1. The summed E-state index contributed by atoms with van der Waals surface area (Å²) in [5, 5.41) is 0. The molecule has 1 aromatic carbocycles. The molecule has 1 aliphatic rings. The number of nitrogens with one attached hydrogen (secondary N) is 1. The number of methoxy groups -OCH3 is 1. The molecule has 2 rings (SSSR count). The Bertz CT molecular complexity index is 514. The van der Waals surface area contributed by atoms with E-state index in [1.54, 1.807) is 7.11 Å². The largest absolute Gasteiger partial charge is 0.497 e. The van der Waals surface area contributed by atoms with Gasteiger partial charge in [-0.05, 0) is 49.9 Å². The Balaban J connectivity index is 2.45. The molecular weight excluding hydrogens is 254 g/mol. The molecule has 0 bridgehead atoms. The van der Waals surface area contributed by atoms with E-state index in [4.69, 9.17) is 10.6 Å².